The molecule has 0 aliphatic heterocycles. The minimum absolute atomic E-state index is 0.320. The van der Waals surface area contributed by atoms with Crippen LogP contribution >= 0.6 is 15.9 Å². The Hall–Kier alpha value is -1.46. The molecule has 0 aliphatic rings. The van der Waals surface area contributed by atoms with Gasteiger partial charge in [-0.2, -0.15) is 0 Å². The number of aromatic nitrogens is 1. The van der Waals surface area contributed by atoms with Gasteiger partial charge in [-0.25, -0.2) is 4.39 Å². The van der Waals surface area contributed by atoms with Crippen LogP contribution in [0.25, 0.3) is 0 Å². The van der Waals surface area contributed by atoms with Crippen molar-refractivity contribution >= 4 is 15.9 Å². The van der Waals surface area contributed by atoms with Gasteiger partial charge in [0, 0.05) is 30.1 Å². The molecule has 0 amide bonds. The number of hydrogen-bond donors (Lipinski definition) is 1. The zero-order valence-electron chi connectivity index (χ0n) is 9.78. The first-order valence-electron chi connectivity index (χ1n) is 5.38. The molecule has 0 aliphatic carbocycles. The summed E-state index contributed by atoms with van der Waals surface area (Å²) in [5.41, 5.74) is 7.26. The molecular formula is C13H12BrFN2O. The fourth-order valence-electron chi connectivity index (χ4n) is 1.49. The molecule has 2 aromatic rings. The van der Waals surface area contributed by atoms with Crippen molar-refractivity contribution in [3.8, 4) is 11.5 Å². The van der Waals surface area contributed by atoms with E-state index in [1.165, 1.54) is 12.1 Å². The number of aryl methyl sites for hydroxylation is 1. The van der Waals surface area contributed by atoms with Gasteiger partial charge in [-0.1, -0.05) is 0 Å². The van der Waals surface area contributed by atoms with E-state index >= 15 is 0 Å². The largest absolute Gasteiger partial charge is 0.456 e. The molecule has 0 radical (unpaired) electrons. The SMILES string of the molecule is Cc1cc(Oc2ccc(F)cc2Br)c(CN)cn1. The van der Waals surface area contributed by atoms with Crippen LogP contribution in [0.1, 0.15) is 11.3 Å². The molecule has 0 saturated heterocycles. The summed E-state index contributed by atoms with van der Waals surface area (Å²) in [6.45, 7) is 2.20. The molecule has 1 aromatic heterocycles. The lowest BCUT2D eigenvalue weighted by molar-refractivity contribution is 0.470. The number of hydrogen-bond acceptors (Lipinski definition) is 3. The quantitative estimate of drug-likeness (QED) is 0.943. The minimum atomic E-state index is -0.320. The van der Waals surface area contributed by atoms with Gasteiger partial charge in [0.15, 0.2) is 0 Å². The third-order valence-electron chi connectivity index (χ3n) is 2.41. The lowest BCUT2D eigenvalue weighted by atomic mass is 10.2. The number of rotatable bonds is 3. The number of pyridine rings is 1. The maximum absolute atomic E-state index is 13.0. The van der Waals surface area contributed by atoms with Gasteiger partial charge >= 0.3 is 0 Å². The van der Waals surface area contributed by atoms with Crippen molar-refractivity contribution in [1.82, 2.24) is 4.98 Å². The molecule has 0 spiro atoms. The van der Waals surface area contributed by atoms with Gasteiger partial charge in [0.05, 0.1) is 4.47 Å². The van der Waals surface area contributed by atoms with Gasteiger partial charge in [0.2, 0.25) is 0 Å². The molecule has 94 valence electrons. The summed E-state index contributed by atoms with van der Waals surface area (Å²) >= 11 is 3.26. The predicted molar refractivity (Wildman–Crippen MR) is 71.0 cm³/mol. The van der Waals surface area contributed by atoms with Crippen LogP contribution in [0, 0.1) is 12.7 Å². The average Bonchev–Trinajstić information content (AvgIpc) is 2.33. The third-order valence-corrected chi connectivity index (χ3v) is 3.03. The molecule has 1 heterocycles. The molecule has 0 unspecified atom stereocenters. The zero-order chi connectivity index (χ0) is 13.1. The molecule has 3 nitrogen and oxygen atoms in total. The van der Waals surface area contributed by atoms with Gasteiger partial charge in [-0.3, -0.25) is 4.98 Å². The molecular weight excluding hydrogens is 299 g/mol. The molecule has 0 atom stereocenters. The van der Waals surface area contributed by atoms with Crippen molar-refractivity contribution in [3.05, 3.63) is 52.0 Å². The van der Waals surface area contributed by atoms with Crippen LogP contribution in [0.5, 0.6) is 11.5 Å². The van der Waals surface area contributed by atoms with Gasteiger partial charge < -0.3 is 10.5 Å². The number of nitrogens with two attached hydrogens (primary N) is 1. The predicted octanol–water partition coefficient (Wildman–Crippen LogP) is 3.54. The Morgan fingerprint density at radius 2 is 2.11 bits per heavy atom. The fraction of sp³-hybridized carbons (Fsp3) is 0.154. The standard InChI is InChI=1S/C13H12BrFN2O/c1-8-4-13(9(6-16)7-17-8)18-12-3-2-10(15)5-11(12)14/h2-5,7H,6,16H2,1H3. The molecule has 0 saturated carbocycles. The summed E-state index contributed by atoms with van der Waals surface area (Å²) in [5, 5.41) is 0. The van der Waals surface area contributed by atoms with Crippen molar-refractivity contribution in [2.75, 3.05) is 0 Å². The van der Waals surface area contributed by atoms with E-state index in [1.807, 2.05) is 6.92 Å². The topological polar surface area (TPSA) is 48.1 Å². The van der Waals surface area contributed by atoms with E-state index in [4.69, 9.17) is 10.5 Å². The monoisotopic (exact) mass is 310 g/mol. The first-order chi connectivity index (χ1) is 8.60. The van der Waals surface area contributed by atoms with E-state index in [1.54, 1.807) is 18.3 Å². The lowest BCUT2D eigenvalue weighted by Crippen LogP contribution is -2.01. The maximum atomic E-state index is 13.0. The molecule has 2 rings (SSSR count). The Kier molecular flexibility index (Phi) is 3.93. The van der Waals surface area contributed by atoms with Crippen molar-refractivity contribution in [3.63, 3.8) is 0 Å². The molecule has 2 N–H and O–H groups in total. The number of nitrogens with zero attached hydrogens (tertiary/aromatic N) is 1. The van der Waals surface area contributed by atoms with E-state index in [0.717, 1.165) is 11.3 Å². The van der Waals surface area contributed by atoms with Crippen LogP contribution in [0.3, 0.4) is 0 Å². The van der Waals surface area contributed by atoms with Crippen LogP contribution in [-0.2, 0) is 6.54 Å². The summed E-state index contributed by atoms with van der Waals surface area (Å²) in [4.78, 5) is 4.16. The van der Waals surface area contributed by atoms with E-state index in [2.05, 4.69) is 20.9 Å². The highest BCUT2D eigenvalue weighted by Gasteiger charge is 2.08. The van der Waals surface area contributed by atoms with Crippen LogP contribution in [0.15, 0.2) is 34.9 Å². The third kappa shape index (κ3) is 2.86. The van der Waals surface area contributed by atoms with Gasteiger partial charge in [0.25, 0.3) is 0 Å². The Labute approximate surface area is 113 Å². The Balaban J connectivity index is 2.36. The molecule has 0 fully saturated rings. The highest BCUT2D eigenvalue weighted by atomic mass is 79.9. The molecule has 5 heteroatoms. The number of halogens is 2. The Morgan fingerprint density at radius 3 is 2.78 bits per heavy atom. The van der Waals surface area contributed by atoms with Crippen LogP contribution < -0.4 is 10.5 Å². The first-order valence-corrected chi connectivity index (χ1v) is 6.18. The second kappa shape index (κ2) is 5.46. The second-order valence-corrected chi connectivity index (χ2v) is 4.67. The minimum Gasteiger partial charge on any atom is -0.456 e. The molecule has 18 heavy (non-hydrogen) atoms. The highest BCUT2D eigenvalue weighted by Crippen LogP contribution is 2.31. The average molecular weight is 311 g/mol. The van der Waals surface area contributed by atoms with E-state index in [-0.39, 0.29) is 5.82 Å². The number of benzene rings is 1. The summed E-state index contributed by atoms with van der Waals surface area (Å²) in [7, 11) is 0. The highest BCUT2D eigenvalue weighted by molar-refractivity contribution is 9.10. The number of ether oxygens (including phenoxy) is 1. The van der Waals surface area contributed by atoms with Crippen molar-refractivity contribution in [2.24, 2.45) is 5.73 Å². The van der Waals surface area contributed by atoms with Gasteiger partial charge in [0.1, 0.15) is 17.3 Å². The van der Waals surface area contributed by atoms with E-state index in [9.17, 15) is 4.39 Å². The van der Waals surface area contributed by atoms with Gasteiger partial charge in [-0.05, 0) is 41.1 Å². The van der Waals surface area contributed by atoms with Crippen LogP contribution in [-0.4, -0.2) is 4.98 Å². The van der Waals surface area contributed by atoms with Crippen molar-refractivity contribution in [2.45, 2.75) is 13.5 Å². The van der Waals surface area contributed by atoms with Crippen molar-refractivity contribution in [1.29, 1.82) is 0 Å². The summed E-state index contributed by atoms with van der Waals surface area (Å²) in [6.07, 6.45) is 1.68. The summed E-state index contributed by atoms with van der Waals surface area (Å²) in [5.74, 6) is 0.855. The van der Waals surface area contributed by atoms with Crippen molar-refractivity contribution < 1.29 is 9.13 Å². The van der Waals surface area contributed by atoms with E-state index in [0.29, 0.717) is 22.5 Å². The van der Waals surface area contributed by atoms with Crippen LogP contribution in [0.2, 0.25) is 0 Å². The lowest BCUT2D eigenvalue weighted by Gasteiger charge is -2.11. The fourth-order valence-corrected chi connectivity index (χ4v) is 1.92. The summed E-state index contributed by atoms with van der Waals surface area (Å²) in [6, 6.07) is 6.06. The Morgan fingerprint density at radius 1 is 1.33 bits per heavy atom. The Bertz CT molecular complexity index is 575. The second-order valence-electron chi connectivity index (χ2n) is 3.81. The summed E-state index contributed by atoms with van der Waals surface area (Å²) < 4.78 is 19.3. The zero-order valence-corrected chi connectivity index (χ0v) is 11.4. The first kappa shape index (κ1) is 13.0. The van der Waals surface area contributed by atoms with Gasteiger partial charge in [-0.15, -0.1) is 0 Å². The van der Waals surface area contributed by atoms with E-state index < -0.39 is 0 Å². The molecule has 1 aromatic carbocycles. The van der Waals surface area contributed by atoms with Crippen LogP contribution in [0.4, 0.5) is 4.39 Å². The smallest absolute Gasteiger partial charge is 0.141 e. The normalized spacial score (nSPS) is 10.4. The maximum Gasteiger partial charge on any atom is 0.141 e. The molecule has 0 bridgehead atoms.